The van der Waals surface area contributed by atoms with Gasteiger partial charge < -0.3 is 15.0 Å². The second-order valence-electron chi connectivity index (χ2n) is 4.67. The first kappa shape index (κ1) is 16.9. The molecule has 0 aromatic rings. The molecular weight excluding hydrogens is 212 g/mol. The second-order valence-corrected chi connectivity index (χ2v) is 4.67. The van der Waals surface area contributed by atoms with Crippen molar-refractivity contribution in [2.24, 2.45) is 5.92 Å². The van der Waals surface area contributed by atoms with Crippen molar-refractivity contribution < 1.29 is 4.74 Å². The molecule has 0 amide bonds. The molecule has 0 bridgehead atoms. The predicted octanol–water partition coefficient (Wildman–Crippen LogP) is 2.37. The van der Waals surface area contributed by atoms with Crippen LogP contribution in [-0.4, -0.2) is 51.3 Å². The summed E-state index contributed by atoms with van der Waals surface area (Å²) >= 11 is 0. The van der Waals surface area contributed by atoms with Gasteiger partial charge in [-0.2, -0.15) is 0 Å². The van der Waals surface area contributed by atoms with E-state index in [4.69, 9.17) is 4.74 Å². The lowest BCUT2D eigenvalue weighted by molar-refractivity contribution is 0.197. The summed E-state index contributed by atoms with van der Waals surface area (Å²) in [6.07, 6.45) is 3.84. The number of methoxy groups -OCH3 is 1. The quantitative estimate of drug-likeness (QED) is 0.533. The molecule has 0 aliphatic carbocycles. The molecule has 0 radical (unpaired) electrons. The van der Waals surface area contributed by atoms with E-state index < -0.39 is 0 Å². The Kier molecular flexibility index (Phi) is 12.3. The fraction of sp³-hybridized carbons (Fsp3) is 1.00. The van der Waals surface area contributed by atoms with Gasteiger partial charge in [-0.15, -0.1) is 0 Å². The average Bonchev–Trinajstić information content (AvgIpc) is 2.37. The standard InChI is InChI=1S/C14H32N2O/c1-5-14(6-2)13-16(7-3)11-8-9-15-10-12-17-4/h14-15H,5-13H2,1-4H3. The summed E-state index contributed by atoms with van der Waals surface area (Å²) in [6, 6.07) is 0. The van der Waals surface area contributed by atoms with Gasteiger partial charge in [-0.1, -0.05) is 33.6 Å². The largest absolute Gasteiger partial charge is 0.383 e. The highest BCUT2D eigenvalue weighted by molar-refractivity contribution is 4.63. The Morgan fingerprint density at radius 3 is 2.35 bits per heavy atom. The monoisotopic (exact) mass is 244 g/mol. The Balaban J connectivity index is 3.53. The number of rotatable bonds is 12. The van der Waals surface area contributed by atoms with E-state index in [9.17, 15) is 0 Å². The van der Waals surface area contributed by atoms with E-state index >= 15 is 0 Å². The van der Waals surface area contributed by atoms with Gasteiger partial charge in [0.1, 0.15) is 0 Å². The second kappa shape index (κ2) is 12.3. The highest BCUT2D eigenvalue weighted by Gasteiger charge is 2.08. The molecule has 0 atom stereocenters. The maximum Gasteiger partial charge on any atom is 0.0587 e. The van der Waals surface area contributed by atoms with Crippen molar-refractivity contribution in [1.82, 2.24) is 10.2 Å². The molecule has 0 aliphatic rings. The minimum Gasteiger partial charge on any atom is -0.383 e. The van der Waals surface area contributed by atoms with Gasteiger partial charge in [-0.3, -0.25) is 0 Å². The molecule has 0 aliphatic heterocycles. The number of hydrogen-bond acceptors (Lipinski definition) is 3. The van der Waals surface area contributed by atoms with Crippen molar-refractivity contribution >= 4 is 0 Å². The van der Waals surface area contributed by atoms with Crippen molar-refractivity contribution in [3.63, 3.8) is 0 Å². The van der Waals surface area contributed by atoms with Gasteiger partial charge in [0, 0.05) is 20.2 Å². The molecule has 0 saturated heterocycles. The Bertz CT molecular complexity index is 149. The zero-order chi connectivity index (χ0) is 12.9. The van der Waals surface area contributed by atoms with Gasteiger partial charge in [-0.05, 0) is 32.0 Å². The highest BCUT2D eigenvalue weighted by Crippen LogP contribution is 2.09. The van der Waals surface area contributed by atoms with E-state index in [0.717, 1.165) is 25.6 Å². The Morgan fingerprint density at radius 1 is 1.12 bits per heavy atom. The molecule has 17 heavy (non-hydrogen) atoms. The number of hydrogen-bond donors (Lipinski definition) is 1. The van der Waals surface area contributed by atoms with E-state index in [2.05, 4.69) is 31.0 Å². The van der Waals surface area contributed by atoms with Crippen LogP contribution in [0.5, 0.6) is 0 Å². The van der Waals surface area contributed by atoms with Crippen LogP contribution in [0.1, 0.15) is 40.0 Å². The molecule has 0 heterocycles. The normalized spacial score (nSPS) is 11.6. The van der Waals surface area contributed by atoms with Gasteiger partial charge in [0.05, 0.1) is 6.61 Å². The lowest BCUT2D eigenvalue weighted by atomic mass is 10.0. The van der Waals surface area contributed by atoms with Crippen LogP contribution >= 0.6 is 0 Å². The van der Waals surface area contributed by atoms with E-state index in [1.54, 1.807) is 7.11 Å². The summed E-state index contributed by atoms with van der Waals surface area (Å²) in [4.78, 5) is 2.58. The topological polar surface area (TPSA) is 24.5 Å². The van der Waals surface area contributed by atoms with Crippen LogP contribution in [0.4, 0.5) is 0 Å². The van der Waals surface area contributed by atoms with Crippen LogP contribution in [0.25, 0.3) is 0 Å². The van der Waals surface area contributed by atoms with Crippen molar-refractivity contribution in [3.8, 4) is 0 Å². The Labute approximate surface area is 108 Å². The SMILES string of the molecule is CCC(CC)CN(CC)CCCNCCOC. The third-order valence-corrected chi connectivity index (χ3v) is 3.43. The minimum atomic E-state index is 0.811. The summed E-state index contributed by atoms with van der Waals surface area (Å²) < 4.78 is 5.00. The summed E-state index contributed by atoms with van der Waals surface area (Å²) in [5.74, 6) is 0.872. The first-order valence-electron chi connectivity index (χ1n) is 7.20. The number of ether oxygens (including phenoxy) is 1. The van der Waals surface area contributed by atoms with Gasteiger partial charge in [0.15, 0.2) is 0 Å². The zero-order valence-corrected chi connectivity index (χ0v) is 12.3. The fourth-order valence-electron chi connectivity index (χ4n) is 2.02. The first-order valence-corrected chi connectivity index (χ1v) is 7.20. The minimum absolute atomic E-state index is 0.811. The van der Waals surface area contributed by atoms with E-state index in [1.807, 2.05) is 0 Å². The van der Waals surface area contributed by atoms with Gasteiger partial charge in [0.2, 0.25) is 0 Å². The number of nitrogens with one attached hydrogen (secondary N) is 1. The summed E-state index contributed by atoms with van der Waals surface area (Å²) in [5.41, 5.74) is 0. The molecule has 0 unspecified atom stereocenters. The molecule has 0 fully saturated rings. The Morgan fingerprint density at radius 2 is 1.82 bits per heavy atom. The summed E-state index contributed by atoms with van der Waals surface area (Å²) in [7, 11) is 1.75. The summed E-state index contributed by atoms with van der Waals surface area (Å²) in [6.45, 7) is 13.4. The van der Waals surface area contributed by atoms with Crippen LogP contribution in [0.2, 0.25) is 0 Å². The van der Waals surface area contributed by atoms with Crippen LogP contribution in [0.15, 0.2) is 0 Å². The van der Waals surface area contributed by atoms with E-state index in [1.165, 1.54) is 38.9 Å². The molecule has 3 nitrogen and oxygen atoms in total. The third-order valence-electron chi connectivity index (χ3n) is 3.43. The maximum atomic E-state index is 5.00. The van der Waals surface area contributed by atoms with Crippen LogP contribution in [-0.2, 0) is 4.74 Å². The van der Waals surface area contributed by atoms with Gasteiger partial charge >= 0.3 is 0 Å². The smallest absolute Gasteiger partial charge is 0.0587 e. The molecule has 0 saturated carbocycles. The van der Waals surface area contributed by atoms with Crippen LogP contribution in [0.3, 0.4) is 0 Å². The van der Waals surface area contributed by atoms with Crippen LogP contribution < -0.4 is 5.32 Å². The van der Waals surface area contributed by atoms with E-state index in [0.29, 0.717) is 0 Å². The lowest BCUT2D eigenvalue weighted by Gasteiger charge is -2.25. The molecule has 0 aromatic heterocycles. The third kappa shape index (κ3) is 9.57. The van der Waals surface area contributed by atoms with Crippen molar-refractivity contribution in [3.05, 3.63) is 0 Å². The van der Waals surface area contributed by atoms with Crippen molar-refractivity contribution in [2.75, 3.05) is 46.4 Å². The lowest BCUT2D eigenvalue weighted by Crippen LogP contribution is -2.32. The highest BCUT2D eigenvalue weighted by atomic mass is 16.5. The van der Waals surface area contributed by atoms with Crippen LogP contribution in [0, 0.1) is 5.92 Å². The Hall–Kier alpha value is -0.120. The summed E-state index contributed by atoms with van der Waals surface area (Å²) in [5, 5.41) is 3.40. The van der Waals surface area contributed by atoms with Crippen molar-refractivity contribution in [1.29, 1.82) is 0 Å². The molecule has 0 aromatic carbocycles. The van der Waals surface area contributed by atoms with Gasteiger partial charge in [-0.25, -0.2) is 0 Å². The zero-order valence-electron chi connectivity index (χ0n) is 12.3. The average molecular weight is 244 g/mol. The van der Waals surface area contributed by atoms with E-state index in [-0.39, 0.29) is 0 Å². The molecule has 0 spiro atoms. The molecular formula is C14H32N2O. The molecule has 3 heteroatoms. The predicted molar refractivity (Wildman–Crippen MR) is 75.5 cm³/mol. The molecule has 0 rings (SSSR count). The molecule has 1 N–H and O–H groups in total. The van der Waals surface area contributed by atoms with Gasteiger partial charge in [0.25, 0.3) is 0 Å². The fourth-order valence-corrected chi connectivity index (χ4v) is 2.02. The van der Waals surface area contributed by atoms with Crippen molar-refractivity contribution in [2.45, 2.75) is 40.0 Å². The first-order chi connectivity index (χ1) is 8.28. The molecule has 104 valence electrons. The maximum absolute atomic E-state index is 5.00. The number of nitrogens with zero attached hydrogens (tertiary/aromatic N) is 1.